The molecule has 0 amide bonds. The summed E-state index contributed by atoms with van der Waals surface area (Å²) in [7, 11) is 0. The quantitative estimate of drug-likeness (QED) is 0.122. The Morgan fingerprint density at radius 3 is 0.767 bits per heavy atom. The van der Waals surface area contributed by atoms with E-state index in [4.69, 9.17) is 9.47 Å². The Kier molecular flexibility index (Phi) is 28.8. The van der Waals surface area contributed by atoms with Crippen LogP contribution >= 0.6 is 0 Å². The van der Waals surface area contributed by atoms with E-state index in [2.05, 4.69) is 13.8 Å². The van der Waals surface area contributed by atoms with Crippen molar-refractivity contribution in [1.29, 1.82) is 0 Å². The minimum Gasteiger partial charge on any atom is -0.379 e. The summed E-state index contributed by atoms with van der Waals surface area (Å²) in [6.07, 6.45) is 30.7. The maximum atomic E-state index is 5.69. The highest BCUT2D eigenvalue weighted by Gasteiger charge is 1.96. The maximum Gasteiger partial charge on any atom is 0.0700 e. The van der Waals surface area contributed by atoms with Gasteiger partial charge in [0.15, 0.2) is 0 Å². The van der Waals surface area contributed by atoms with E-state index in [-0.39, 0.29) is 0 Å². The minimum atomic E-state index is 0.772. The lowest BCUT2D eigenvalue weighted by molar-refractivity contribution is 0.0448. The molecule has 0 saturated heterocycles. The first-order valence-electron chi connectivity index (χ1n) is 14.1. The van der Waals surface area contributed by atoms with Crippen molar-refractivity contribution >= 4 is 0 Å². The van der Waals surface area contributed by atoms with Crippen molar-refractivity contribution in [2.24, 2.45) is 0 Å². The minimum absolute atomic E-state index is 0.772. The van der Waals surface area contributed by atoms with Gasteiger partial charge in [-0.05, 0) is 12.8 Å². The van der Waals surface area contributed by atoms with Crippen LogP contribution in [0, 0.1) is 0 Å². The van der Waals surface area contributed by atoms with Crippen molar-refractivity contribution in [2.75, 3.05) is 26.4 Å². The average Bonchev–Trinajstić information content (AvgIpc) is 2.76. The van der Waals surface area contributed by atoms with Gasteiger partial charge in [-0.15, -0.1) is 0 Å². The highest BCUT2D eigenvalue weighted by atomic mass is 16.5. The second-order valence-electron chi connectivity index (χ2n) is 9.30. The van der Waals surface area contributed by atoms with Gasteiger partial charge >= 0.3 is 0 Å². The standard InChI is InChI=1S/C28H58O2/c1-3-5-7-9-11-12-13-14-15-16-17-18-19-20-22-24-26-30-28-27-29-25-23-21-10-8-6-4-2/h3-28H2,1-2H3. The molecule has 2 heteroatoms. The molecule has 0 aliphatic rings. The largest absolute Gasteiger partial charge is 0.379 e. The lowest BCUT2D eigenvalue weighted by atomic mass is 10.0. The Bertz CT molecular complexity index is 252. The third-order valence-electron chi connectivity index (χ3n) is 6.16. The Morgan fingerprint density at radius 1 is 0.267 bits per heavy atom. The molecule has 0 rings (SSSR count). The van der Waals surface area contributed by atoms with Gasteiger partial charge in [0, 0.05) is 13.2 Å². The van der Waals surface area contributed by atoms with Crippen LogP contribution in [0.4, 0.5) is 0 Å². The molecule has 0 aliphatic carbocycles. The van der Waals surface area contributed by atoms with Gasteiger partial charge < -0.3 is 9.47 Å². The van der Waals surface area contributed by atoms with Gasteiger partial charge in [0.25, 0.3) is 0 Å². The first-order valence-corrected chi connectivity index (χ1v) is 14.1. The van der Waals surface area contributed by atoms with Crippen molar-refractivity contribution in [3.63, 3.8) is 0 Å². The van der Waals surface area contributed by atoms with Crippen molar-refractivity contribution in [3.05, 3.63) is 0 Å². The third kappa shape index (κ3) is 27.9. The Balaban J connectivity index is 2.97. The zero-order valence-corrected chi connectivity index (χ0v) is 21.2. The van der Waals surface area contributed by atoms with Crippen LogP contribution in [0.25, 0.3) is 0 Å². The van der Waals surface area contributed by atoms with Crippen LogP contribution in [-0.2, 0) is 9.47 Å². The van der Waals surface area contributed by atoms with Crippen LogP contribution in [0.3, 0.4) is 0 Å². The molecule has 182 valence electrons. The van der Waals surface area contributed by atoms with Crippen LogP contribution in [0.1, 0.15) is 155 Å². The molecule has 0 unspecified atom stereocenters. The fraction of sp³-hybridized carbons (Fsp3) is 1.00. The lowest BCUT2D eigenvalue weighted by Crippen LogP contribution is -2.06. The maximum absolute atomic E-state index is 5.69. The molecule has 0 spiro atoms. The molecule has 0 aromatic rings. The molecule has 0 aromatic heterocycles. The van der Waals surface area contributed by atoms with Crippen LogP contribution in [0.15, 0.2) is 0 Å². The van der Waals surface area contributed by atoms with Crippen LogP contribution in [0.5, 0.6) is 0 Å². The zero-order chi connectivity index (χ0) is 21.8. The molecule has 0 bridgehead atoms. The van der Waals surface area contributed by atoms with E-state index < -0.39 is 0 Å². The first-order chi connectivity index (χ1) is 14.9. The molecule has 0 N–H and O–H groups in total. The topological polar surface area (TPSA) is 18.5 Å². The average molecular weight is 427 g/mol. The Labute approximate surface area is 191 Å². The number of ether oxygens (including phenoxy) is 2. The molecule has 0 fully saturated rings. The fourth-order valence-corrected chi connectivity index (χ4v) is 4.06. The second kappa shape index (κ2) is 28.9. The van der Waals surface area contributed by atoms with Crippen molar-refractivity contribution in [1.82, 2.24) is 0 Å². The van der Waals surface area contributed by atoms with Crippen LogP contribution in [0.2, 0.25) is 0 Å². The molecule has 2 nitrogen and oxygen atoms in total. The highest BCUT2D eigenvalue weighted by Crippen LogP contribution is 2.13. The molecule has 0 atom stereocenters. The summed E-state index contributed by atoms with van der Waals surface area (Å²) in [5.74, 6) is 0. The predicted octanol–water partition coefficient (Wildman–Crippen LogP) is 9.64. The number of hydrogen-bond donors (Lipinski definition) is 0. The van der Waals surface area contributed by atoms with E-state index in [9.17, 15) is 0 Å². The summed E-state index contributed by atoms with van der Waals surface area (Å²) in [5.41, 5.74) is 0. The number of hydrogen-bond acceptors (Lipinski definition) is 2. The summed E-state index contributed by atoms with van der Waals surface area (Å²) < 4.78 is 11.3. The van der Waals surface area contributed by atoms with Gasteiger partial charge in [0.05, 0.1) is 13.2 Å². The van der Waals surface area contributed by atoms with E-state index in [0.29, 0.717) is 0 Å². The molecular formula is C28H58O2. The highest BCUT2D eigenvalue weighted by molar-refractivity contribution is 4.50. The molecule has 0 heterocycles. The van der Waals surface area contributed by atoms with Gasteiger partial charge in [-0.2, -0.15) is 0 Å². The van der Waals surface area contributed by atoms with Crippen molar-refractivity contribution in [3.8, 4) is 0 Å². The SMILES string of the molecule is CCCCCCCCCCCCCCCCCCOCCOCCCCCCCC. The van der Waals surface area contributed by atoms with E-state index in [0.717, 1.165) is 26.4 Å². The normalized spacial score (nSPS) is 11.4. The number of rotatable bonds is 27. The van der Waals surface area contributed by atoms with Crippen LogP contribution in [-0.4, -0.2) is 26.4 Å². The molecule has 30 heavy (non-hydrogen) atoms. The van der Waals surface area contributed by atoms with E-state index in [1.165, 1.54) is 141 Å². The summed E-state index contributed by atoms with van der Waals surface area (Å²) in [6, 6.07) is 0. The summed E-state index contributed by atoms with van der Waals surface area (Å²) >= 11 is 0. The molecule has 0 aromatic carbocycles. The van der Waals surface area contributed by atoms with Gasteiger partial charge in [-0.25, -0.2) is 0 Å². The number of unbranched alkanes of at least 4 members (excludes halogenated alkanes) is 20. The lowest BCUT2D eigenvalue weighted by Gasteiger charge is -2.06. The van der Waals surface area contributed by atoms with Gasteiger partial charge in [0.2, 0.25) is 0 Å². The zero-order valence-electron chi connectivity index (χ0n) is 21.2. The van der Waals surface area contributed by atoms with Crippen molar-refractivity contribution < 1.29 is 9.47 Å². The Hall–Kier alpha value is -0.0800. The summed E-state index contributed by atoms with van der Waals surface area (Å²) in [5, 5.41) is 0. The molecule has 0 aliphatic heterocycles. The third-order valence-corrected chi connectivity index (χ3v) is 6.16. The Morgan fingerprint density at radius 2 is 0.500 bits per heavy atom. The predicted molar refractivity (Wildman–Crippen MR) is 135 cm³/mol. The van der Waals surface area contributed by atoms with Crippen LogP contribution < -0.4 is 0 Å². The summed E-state index contributed by atoms with van der Waals surface area (Å²) in [6.45, 7) is 7.93. The monoisotopic (exact) mass is 426 g/mol. The summed E-state index contributed by atoms with van der Waals surface area (Å²) in [4.78, 5) is 0. The van der Waals surface area contributed by atoms with Crippen molar-refractivity contribution in [2.45, 2.75) is 155 Å². The van der Waals surface area contributed by atoms with E-state index >= 15 is 0 Å². The van der Waals surface area contributed by atoms with Gasteiger partial charge in [0.1, 0.15) is 0 Å². The van der Waals surface area contributed by atoms with Gasteiger partial charge in [-0.1, -0.05) is 142 Å². The van der Waals surface area contributed by atoms with E-state index in [1.807, 2.05) is 0 Å². The van der Waals surface area contributed by atoms with E-state index in [1.54, 1.807) is 0 Å². The smallest absolute Gasteiger partial charge is 0.0700 e. The molecule has 0 saturated carbocycles. The molecule has 0 radical (unpaired) electrons. The second-order valence-corrected chi connectivity index (χ2v) is 9.30. The fourth-order valence-electron chi connectivity index (χ4n) is 4.06. The molecular weight excluding hydrogens is 368 g/mol. The van der Waals surface area contributed by atoms with Gasteiger partial charge in [-0.3, -0.25) is 0 Å². The first kappa shape index (κ1) is 29.9.